The second-order valence-corrected chi connectivity index (χ2v) is 5.71. The number of benzene rings is 2. The summed E-state index contributed by atoms with van der Waals surface area (Å²) in [6, 6.07) is 11.4. The number of amides is 1. The molecule has 2 rings (SSSR count). The zero-order valence-electron chi connectivity index (χ0n) is 12.8. The molecule has 0 aliphatic rings. The first-order valence-electron chi connectivity index (χ1n) is 7.21. The highest BCUT2D eigenvalue weighted by Crippen LogP contribution is 2.29. The Labute approximate surface area is 142 Å². The number of halogens is 4. The predicted octanol–water partition coefficient (Wildman–Crippen LogP) is 4.65. The van der Waals surface area contributed by atoms with Crippen LogP contribution in [-0.4, -0.2) is 12.5 Å². The molecule has 3 nitrogen and oxygen atoms in total. The third-order valence-corrected chi connectivity index (χ3v) is 3.66. The Balaban J connectivity index is 1.85. The molecular weight excluding hydrogens is 341 g/mol. The molecule has 2 aromatic carbocycles. The number of hydrogen-bond donors (Lipinski definition) is 2. The molecule has 0 fully saturated rings. The van der Waals surface area contributed by atoms with E-state index in [9.17, 15) is 18.0 Å². The lowest BCUT2D eigenvalue weighted by atomic mass is 10.1. The molecule has 7 heteroatoms. The summed E-state index contributed by atoms with van der Waals surface area (Å²) >= 11 is 5.81. The third-order valence-electron chi connectivity index (χ3n) is 3.41. The van der Waals surface area contributed by atoms with Crippen LogP contribution in [0.2, 0.25) is 5.02 Å². The summed E-state index contributed by atoms with van der Waals surface area (Å²) in [7, 11) is 0. The van der Waals surface area contributed by atoms with E-state index < -0.39 is 11.7 Å². The first-order chi connectivity index (χ1) is 11.3. The molecule has 1 atom stereocenters. The highest BCUT2D eigenvalue weighted by Gasteiger charge is 2.29. The second kappa shape index (κ2) is 7.57. The summed E-state index contributed by atoms with van der Waals surface area (Å²) in [5.74, 6) is -0.266. The lowest BCUT2D eigenvalue weighted by molar-refractivity contribution is -0.137. The monoisotopic (exact) mass is 356 g/mol. The van der Waals surface area contributed by atoms with Crippen molar-refractivity contribution in [2.24, 2.45) is 0 Å². The van der Waals surface area contributed by atoms with Gasteiger partial charge in [-0.3, -0.25) is 4.79 Å². The Hall–Kier alpha value is -2.21. The van der Waals surface area contributed by atoms with Crippen LogP contribution in [0.1, 0.15) is 24.1 Å². The molecule has 0 radical (unpaired) electrons. The maximum Gasteiger partial charge on any atom is 0.416 e. The Kier molecular flexibility index (Phi) is 5.72. The van der Waals surface area contributed by atoms with E-state index in [1.54, 1.807) is 12.1 Å². The molecule has 128 valence electrons. The highest BCUT2D eigenvalue weighted by atomic mass is 35.5. The van der Waals surface area contributed by atoms with E-state index in [-0.39, 0.29) is 18.5 Å². The average Bonchev–Trinajstić information content (AvgIpc) is 2.53. The normalized spacial score (nSPS) is 12.5. The minimum Gasteiger partial charge on any atom is -0.376 e. The molecule has 0 aromatic heterocycles. The second-order valence-electron chi connectivity index (χ2n) is 5.27. The zero-order chi connectivity index (χ0) is 17.7. The van der Waals surface area contributed by atoms with E-state index >= 15 is 0 Å². The minimum atomic E-state index is -4.37. The molecular formula is C17H16ClF3N2O. The van der Waals surface area contributed by atoms with Crippen LogP contribution < -0.4 is 10.6 Å². The first-order valence-corrected chi connectivity index (χ1v) is 7.59. The molecule has 2 aromatic rings. The molecule has 0 aliphatic carbocycles. The van der Waals surface area contributed by atoms with Crippen molar-refractivity contribution >= 4 is 23.2 Å². The zero-order valence-corrected chi connectivity index (χ0v) is 13.6. The average molecular weight is 357 g/mol. The summed E-state index contributed by atoms with van der Waals surface area (Å²) < 4.78 is 37.4. The van der Waals surface area contributed by atoms with E-state index in [1.165, 1.54) is 12.1 Å². The lowest BCUT2D eigenvalue weighted by Crippen LogP contribution is -2.32. The van der Waals surface area contributed by atoms with Gasteiger partial charge in [-0.15, -0.1) is 0 Å². The van der Waals surface area contributed by atoms with Gasteiger partial charge in [0.1, 0.15) is 0 Å². The van der Waals surface area contributed by atoms with Crippen LogP contribution in [-0.2, 0) is 11.0 Å². The Morgan fingerprint density at radius 1 is 1.08 bits per heavy atom. The smallest absolute Gasteiger partial charge is 0.376 e. The van der Waals surface area contributed by atoms with Gasteiger partial charge in [-0.05, 0) is 48.9 Å². The topological polar surface area (TPSA) is 41.1 Å². The molecule has 0 saturated heterocycles. The largest absolute Gasteiger partial charge is 0.416 e. The van der Waals surface area contributed by atoms with Gasteiger partial charge in [-0.1, -0.05) is 23.7 Å². The van der Waals surface area contributed by atoms with Crippen LogP contribution in [0.4, 0.5) is 18.9 Å². The minimum absolute atomic E-state index is 0.0384. The third kappa shape index (κ3) is 5.16. The van der Waals surface area contributed by atoms with Crippen molar-refractivity contribution in [2.75, 3.05) is 11.9 Å². The van der Waals surface area contributed by atoms with E-state index in [2.05, 4.69) is 10.6 Å². The van der Waals surface area contributed by atoms with Crippen LogP contribution in [0.15, 0.2) is 48.5 Å². The summed E-state index contributed by atoms with van der Waals surface area (Å²) in [5.41, 5.74) is 0.619. The van der Waals surface area contributed by atoms with Gasteiger partial charge < -0.3 is 10.6 Å². The van der Waals surface area contributed by atoms with Crippen LogP contribution in [0.5, 0.6) is 0 Å². The molecule has 2 N–H and O–H groups in total. The summed E-state index contributed by atoms with van der Waals surface area (Å²) in [6.07, 6.45) is -4.37. The van der Waals surface area contributed by atoms with Crippen molar-refractivity contribution in [3.8, 4) is 0 Å². The summed E-state index contributed by atoms with van der Waals surface area (Å²) in [6.45, 7) is 1.79. The molecule has 0 spiro atoms. The standard InChI is InChI=1S/C17H16ClF3N2O/c1-11(12-2-6-14(18)7-3-12)23-16(24)10-22-15-8-4-13(5-9-15)17(19,20)21/h2-9,11,22H,10H2,1H3,(H,23,24)/t11-/m1/s1. The Bertz CT molecular complexity index is 684. The van der Waals surface area contributed by atoms with Crippen LogP contribution in [0.25, 0.3) is 0 Å². The number of anilines is 1. The van der Waals surface area contributed by atoms with Crippen LogP contribution in [0, 0.1) is 0 Å². The fourth-order valence-corrected chi connectivity index (χ4v) is 2.21. The van der Waals surface area contributed by atoms with Gasteiger partial charge in [0.05, 0.1) is 18.2 Å². The van der Waals surface area contributed by atoms with Gasteiger partial charge in [0.15, 0.2) is 0 Å². The maximum atomic E-state index is 12.5. The van der Waals surface area contributed by atoms with E-state index in [1.807, 2.05) is 19.1 Å². The van der Waals surface area contributed by atoms with Crippen molar-refractivity contribution in [1.29, 1.82) is 0 Å². The van der Waals surface area contributed by atoms with E-state index in [0.717, 1.165) is 17.7 Å². The van der Waals surface area contributed by atoms with Crippen molar-refractivity contribution in [1.82, 2.24) is 5.32 Å². The van der Waals surface area contributed by atoms with Gasteiger partial charge in [-0.2, -0.15) is 13.2 Å². The SMILES string of the molecule is C[C@@H](NC(=O)CNc1ccc(C(F)(F)F)cc1)c1ccc(Cl)cc1. The molecule has 0 heterocycles. The van der Waals surface area contributed by atoms with E-state index in [0.29, 0.717) is 10.7 Å². The van der Waals surface area contributed by atoms with Crippen molar-refractivity contribution in [2.45, 2.75) is 19.1 Å². The lowest BCUT2D eigenvalue weighted by Gasteiger charge is -2.15. The maximum absolute atomic E-state index is 12.5. The van der Waals surface area contributed by atoms with Crippen LogP contribution >= 0.6 is 11.6 Å². The van der Waals surface area contributed by atoms with Gasteiger partial charge in [0, 0.05) is 10.7 Å². The van der Waals surface area contributed by atoms with Crippen molar-refractivity contribution in [3.63, 3.8) is 0 Å². The molecule has 0 bridgehead atoms. The number of nitrogens with one attached hydrogen (secondary N) is 2. The van der Waals surface area contributed by atoms with Gasteiger partial charge in [0.25, 0.3) is 0 Å². The van der Waals surface area contributed by atoms with E-state index in [4.69, 9.17) is 11.6 Å². The molecule has 0 saturated carbocycles. The molecule has 0 aliphatic heterocycles. The van der Waals surface area contributed by atoms with Gasteiger partial charge >= 0.3 is 6.18 Å². The fraction of sp³-hybridized carbons (Fsp3) is 0.235. The number of rotatable bonds is 5. The first kappa shape index (κ1) is 18.1. The number of alkyl halides is 3. The Morgan fingerprint density at radius 3 is 2.21 bits per heavy atom. The highest BCUT2D eigenvalue weighted by molar-refractivity contribution is 6.30. The van der Waals surface area contributed by atoms with Crippen LogP contribution in [0.3, 0.4) is 0 Å². The van der Waals surface area contributed by atoms with Crippen molar-refractivity contribution in [3.05, 3.63) is 64.7 Å². The fourth-order valence-electron chi connectivity index (χ4n) is 2.09. The molecule has 0 unspecified atom stereocenters. The molecule has 24 heavy (non-hydrogen) atoms. The quantitative estimate of drug-likeness (QED) is 0.818. The summed E-state index contributed by atoms with van der Waals surface area (Å²) in [4.78, 5) is 11.9. The van der Waals surface area contributed by atoms with Gasteiger partial charge in [-0.25, -0.2) is 0 Å². The Morgan fingerprint density at radius 2 is 1.67 bits per heavy atom. The number of carbonyl (C=O) groups excluding carboxylic acids is 1. The number of carbonyl (C=O) groups is 1. The van der Waals surface area contributed by atoms with Gasteiger partial charge in [0.2, 0.25) is 5.91 Å². The predicted molar refractivity (Wildman–Crippen MR) is 87.9 cm³/mol. The number of hydrogen-bond acceptors (Lipinski definition) is 2. The summed E-state index contributed by atoms with van der Waals surface area (Å²) in [5, 5.41) is 6.20. The van der Waals surface area contributed by atoms with Crippen molar-refractivity contribution < 1.29 is 18.0 Å². The molecule has 1 amide bonds.